The fraction of sp³-hybridized carbons (Fsp3) is 0.680. The van der Waals surface area contributed by atoms with Gasteiger partial charge in [-0.2, -0.15) is 0 Å². The maximum atomic E-state index is 13.8. The highest BCUT2D eigenvalue weighted by atomic mass is 16.6. The van der Waals surface area contributed by atoms with Crippen molar-refractivity contribution in [2.45, 2.75) is 90.3 Å². The molecule has 0 saturated carbocycles. The standard InChI is InChI=1S/C25H36N2O4/c1-23(2,3)31-22(30)26-13-8-10-18(26)21(29)27-14-12-25(6)17-9-7-11-19(28)16(17)15-20(27)24(25,4)5/h7,9,11,18,20,28H,8,10,12-15H2,1-6H3/t18?,20-,25+/m1/s1. The lowest BCUT2D eigenvalue weighted by atomic mass is 9.51. The summed E-state index contributed by atoms with van der Waals surface area (Å²) >= 11 is 0. The Morgan fingerprint density at radius 2 is 1.84 bits per heavy atom. The summed E-state index contributed by atoms with van der Waals surface area (Å²) in [7, 11) is 0. The third-order valence-corrected chi connectivity index (χ3v) is 8.08. The highest BCUT2D eigenvalue weighted by Gasteiger charge is 2.58. The Bertz CT molecular complexity index is 903. The van der Waals surface area contributed by atoms with E-state index in [1.54, 1.807) is 11.0 Å². The molecule has 1 N–H and O–H groups in total. The Balaban J connectivity index is 1.64. The molecule has 6 nitrogen and oxygen atoms in total. The average Bonchev–Trinajstić information content (AvgIpc) is 3.13. The Kier molecular flexibility index (Phi) is 5.06. The van der Waals surface area contributed by atoms with Crippen molar-refractivity contribution in [3.05, 3.63) is 29.3 Å². The molecule has 2 amide bonds. The number of carbonyl (C=O) groups is 2. The maximum Gasteiger partial charge on any atom is 0.410 e. The van der Waals surface area contributed by atoms with E-state index in [-0.39, 0.29) is 22.8 Å². The van der Waals surface area contributed by atoms with Crippen LogP contribution in [0.5, 0.6) is 5.75 Å². The quantitative estimate of drug-likeness (QED) is 0.727. The minimum Gasteiger partial charge on any atom is -0.508 e. The summed E-state index contributed by atoms with van der Waals surface area (Å²) in [5.74, 6) is 0.331. The first-order valence-electron chi connectivity index (χ1n) is 11.5. The van der Waals surface area contributed by atoms with E-state index in [0.29, 0.717) is 31.7 Å². The first-order chi connectivity index (χ1) is 14.4. The first kappa shape index (κ1) is 22.0. The lowest BCUT2D eigenvalue weighted by Crippen LogP contribution is -2.66. The number of benzene rings is 1. The van der Waals surface area contributed by atoms with Gasteiger partial charge in [-0.1, -0.05) is 32.9 Å². The van der Waals surface area contributed by atoms with Gasteiger partial charge in [0.2, 0.25) is 5.91 Å². The largest absolute Gasteiger partial charge is 0.508 e. The van der Waals surface area contributed by atoms with Crippen LogP contribution in [0.3, 0.4) is 0 Å². The number of hydrogen-bond donors (Lipinski definition) is 1. The third-order valence-electron chi connectivity index (χ3n) is 8.08. The average molecular weight is 429 g/mol. The van der Waals surface area contributed by atoms with Crippen molar-refractivity contribution >= 4 is 12.0 Å². The number of likely N-dealkylation sites (tertiary alicyclic amines) is 2. The number of hydrogen-bond acceptors (Lipinski definition) is 4. The molecule has 1 aromatic carbocycles. The molecule has 0 aromatic heterocycles. The Labute approximate surface area is 185 Å². The zero-order chi connectivity index (χ0) is 22.8. The van der Waals surface area contributed by atoms with Crippen LogP contribution in [0.15, 0.2) is 18.2 Å². The normalized spacial score (nSPS) is 29.5. The molecule has 2 bridgehead atoms. The molecule has 170 valence electrons. The van der Waals surface area contributed by atoms with Crippen molar-refractivity contribution in [3.63, 3.8) is 0 Å². The summed E-state index contributed by atoms with van der Waals surface area (Å²) in [4.78, 5) is 30.1. The van der Waals surface area contributed by atoms with Crippen molar-refractivity contribution in [3.8, 4) is 5.75 Å². The summed E-state index contributed by atoms with van der Waals surface area (Å²) in [6.45, 7) is 13.5. The molecule has 0 radical (unpaired) electrons. The van der Waals surface area contributed by atoms with Gasteiger partial charge in [0.1, 0.15) is 17.4 Å². The van der Waals surface area contributed by atoms with E-state index in [2.05, 4.69) is 26.8 Å². The Hall–Kier alpha value is -2.24. The van der Waals surface area contributed by atoms with E-state index in [1.807, 2.05) is 31.7 Å². The lowest BCUT2D eigenvalue weighted by Gasteiger charge is -2.61. The van der Waals surface area contributed by atoms with Gasteiger partial charge < -0.3 is 14.7 Å². The van der Waals surface area contributed by atoms with Gasteiger partial charge in [0.05, 0.1) is 0 Å². The number of ether oxygens (including phenoxy) is 1. The topological polar surface area (TPSA) is 70.1 Å². The van der Waals surface area contributed by atoms with E-state index in [0.717, 1.165) is 18.4 Å². The molecule has 1 aromatic rings. The molecular weight excluding hydrogens is 392 g/mol. The summed E-state index contributed by atoms with van der Waals surface area (Å²) in [5, 5.41) is 10.6. The van der Waals surface area contributed by atoms with Gasteiger partial charge in [-0.05, 0) is 69.1 Å². The summed E-state index contributed by atoms with van der Waals surface area (Å²) in [6, 6.07) is 5.29. The van der Waals surface area contributed by atoms with Gasteiger partial charge in [0.25, 0.3) is 0 Å². The number of piperidine rings is 1. The molecule has 6 heteroatoms. The van der Waals surface area contributed by atoms with Crippen molar-refractivity contribution < 1.29 is 19.4 Å². The van der Waals surface area contributed by atoms with Gasteiger partial charge in [0, 0.05) is 24.5 Å². The van der Waals surface area contributed by atoms with Gasteiger partial charge in [0.15, 0.2) is 0 Å². The second-order valence-electron chi connectivity index (χ2n) is 11.2. The highest BCUT2D eigenvalue weighted by molar-refractivity contribution is 5.87. The van der Waals surface area contributed by atoms with Crippen LogP contribution in [0, 0.1) is 5.41 Å². The number of aromatic hydroxyl groups is 1. The zero-order valence-corrected chi connectivity index (χ0v) is 19.7. The second-order valence-corrected chi connectivity index (χ2v) is 11.2. The second kappa shape index (κ2) is 7.14. The van der Waals surface area contributed by atoms with Crippen LogP contribution in [0.1, 0.15) is 71.9 Å². The van der Waals surface area contributed by atoms with Crippen LogP contribution >= 0.6 is 0 Å². The highest BCUT2D eigenvalue weighted by Crippen LogP contribution is 2.57. The number of phenols is 1. The molecular formula is C25H36N2O4. The van der Waals surface area contributed by atoms with E-state index >= 15 is 0 Å². The zero-order valence-electron chi connectivity index (χ0n) is 19.7. The molecule has 1 aliphatic carbocycles. The predicted molar refractivity (Wildman–Crippen MR) is 119 cm³/mol. The van der Waals surface area contributed by atoms with Crippen LogP contribution in [0.25, 0.3) is 0 Å². The van der Waals surface area contributed by atoms with Crippen LogP contribution in [-0.2, 0) is 21.4 Å². The van der Waals surface area contributed by atoms with E-state index in [1.165, 1.54) is 5.56 Å². The fourth-order valence-electron chi connectivity index (χ4n) is 5.94. The minimum atomic E-state index is -0.590. The molecule has 2 aliphatic heterocycles. The molecule has 2 saturated heterocycles. The van der Waals surface area contributed by atoms with E-state index < -0.39 is 17.7 Å². The van der Waals surface area contributed by atoms with E-state index in [9.17, 15) is 14.7 Å². The van der Waals surface area contributed by atoms with Crippen molar-refractivity contribution in [1.82, 2.24) is 9.80 Å². The van der Waals surface area contributed by atoms with Crippen molar-refractivity contribution in [2.24, 2.45) is 5.41 Å². The SMILES string of the molecule is CC(C)(C)OC(=O)N1CCCC1C(=O)N1CC[C@@]2(C)c3cccc(O)c3C[C@@H]1C2(C)C. The summed E-state index contributed by atoms with van der Waals surface area (Å²) < 4.78 is 5.57. The Morgan fingerprint density at radius 3 is 2.52 bits per heavy atom. The van der Waals surface area contributed by atoms with Crippen LogP contribution < -0.4 is 0 Å². The van der Waals surface area contributed by atoms with Crippen molar-refractivity contribution in [1.29, 1.82) is 0 Å². The molecule has 3 aliphatic rings. The lowest BCUT2D eigenvalue weighted by molar-refractivity contribution is -0.148. The number of carbonyl (C=O) groups excluding carboxylic acids is 2. The molecule has 2 heterocycles. The van der Waals surface area contributed by atoms with Crippen LogP contribution in [0.2, 0.25) is 0 Å². The molecule has 0 spiro atoms. The van der Waals surface area contributed by atoms with Gasteiger partial charge in [-0.3, -0.25) is 9.69 Å². The molecule has 3 atom stereocenters. The van der Waals surface area contributed by atoms with Gasteiger partial charge in [-0.15, -0.1) is 0 Å². The maximum absolute atomic E-state index is 13.8. The third kappa shape index (κ3) is 3.39. The van der Waals surface area contributed by atoms with Gasteiger partial charge >= 0.3 is 6.09 Å². The monoisotopic (exact) mass is 428 g/mol. The minimum absolute atomic E-state index is 0.0161. The molecule has 2 fully saturated rings. The summed E-state index contributed by atoms with van der Waals surface area (Å²) in [5.41, 5.74) is 1.30. The molecule has 1 unspecified atom stereocenters. The smallest absolute Gasteiger partial charge is 0.410 e. The molecule has 4 rings (SSSR count). The fourth-order valence-corrected chi connectivity index (χ4v) is 5.94. The first-order valence-corrected chi connectivity index (χ1v) is 11.5. The predicted octanol–water partition coefficient (Wildman–Crippen LogP) is 4.23. The van der Waals surface area contributed by atoms with Gasteiger partial charge in [-0.25, -0.2) is 4.79 Å². The number of phenolic OH excluding ortho intramolecular Hbond substituents is 1. The number of amides is 2. The number of fused-ring (bicyclic) bond motifs is 4. The van der Waals surface area contributed by atoms with Crippen LogP contribution in [-0.4, -0.2) is 57.7 Å². The van der Waals surface area contributed by atoms with E-state index in [4.69, 9.17) is 4.74 Å². The molecule has 31 heavy (non-hydrogen) atoms. The summed E-state index contributed by atoms with van der Waals surface area (Å²) in [6.07, 6.45) is 2.53. The number of nitrogens with zero attached hydrogens (tertiary/aromatic N) is 2. The number of rotatable bonds is 1. The van der Waals surface area contributed by atoms with Crippen molar-refractivity contribution in [2.75, 3.05) is 13.1 Å². The Morgan fingerprint density at radius 1 is 1.13 bits per heavy atom. The van der Waals surface area contributed by atoms with Crippen LogP contribution in [0.4, 0.5) is 4.79 Å².